The maximum atomic E-state index is 13.7. The highest BCUT2D eigenvalue weighted by molar-refractivity contribution is 5.77. The van der Waals surface area contributed by atoms with E-state index in [9.17, 15) is 14.6 Å². The molecule has 1 unspecified atom stereocenters. The van der Waals surface area contributed by atoms with Gasteiger partial charge >= 0.3 is 0 Å². The van der Waals surface area contributed by atoms with E-state index < -0.39 is 0 Å². The number of benzene rings is 2. The smallest absolute Gasteiger partial charge is 0.129 e. The monoisotopic (exact) mass is 364 g/mol. The Morgan fingerprint density at radius 3 is 2.67 bits per heavy atom. The van der Waals surface area contributed by atoms with Crippen molar-refractivity contribution in [3.8, 4) is 28.1 Å². The first-order valence-electron chi connectivity index (χ1n) is 9.00. The van der Waals surface area contributed by atoms with Gasteiger partial charge in [0.15, 0.2) is 0 Å². The van der Waals surface area contributed by atoms with E-state index in [1.807, 2.05) is 42.2 Å². The van der Waals surface area contributed by atoms with Crippen LogP contribution in [0.25, 0.3) is 22.4 Å². The second-order valence-corrected chi connectivity index (χ2v) is 7.02. The summed E-state index contributed by atoms with van der Waals surface area (Å²) in [6.45, 7) is 3.18. The van der Waals surface area contributed by atoms with Crippen molar-refractivity contribution in [3.05, 3.63) is 66.0 Å². The number of nitrogens with zero attached hydrogens (tertiary/aromatic N) is 2. The topological polar surface area (TPSA) is 56.6 Å². The molecule has 0 bridgehead atoms. The van der Waals surface area contributed by atoms with Crippen LogP contribution in [0.5, 0.6) is 5.75 Å². The fourth-order valence-corrected chi connectivity index (χ4v) is 3.46. The number of aromatic hydroxyl groups is 1. The van der Waals surface area contributed by atoms with Crippen LogP contribution in [0.3, 0.4) is 0 Å². The fourth-order valence-electron chi connectivity index (χ4n) is 3.46. The van der Waals surface area contributed by atoms with E-state index >= 15 is 0 Å². The minimum atomic E-state index is -0.375. The van der Waals surface area contributed by atoms with E-state index in [-0.39, 0.29) is 17.7 Å². The minimum Gasteiger partial charge on any atom is -0.507 e. The molecule has 1 fully saturated rings. The van der Waals surface area contributed by atoms with Gasteiger partial charge in [-0.25, -0.2) is 9.37 Å². The molecule has 4 nitrogen and oxygen atoms in total. The van der Waals surface area contributed by atoms with Crippen molar-refractivity contribution in [2.75, 3.05) is 18.0 Å². The first-order chi connectivity index (χ1) is 13.0. The van der Waals surface area contributed by atoms with Crippen LogP contribution < -0.4 is 4.90 Å². The van der Waals surface area contributed by atoms with Crippen LogP contribution >= 0.6 is 0 Å². The van der Waals surface area contributed by atoms with Gasteiger partial charge in [-0.1, -0.05) is 23.8 Å². The number of β-amino-alcohol motifs (C(OH)–C–C–N with tert-alkyl or cyclic N) is 1. The third-order valence-corrected chi connectivity index (χ3v) is 4.89. The van der Waals surface area contributed by atoms with Gasteiger partial charge in [0.2, 0.25) is 0 Å². The zero-order chi connectivity index (χ0) is 19.0. The van der Waals surface area contributed by atoms with Crippen molar-refractivity contribution in [1.29, 1.82) is 0 Å². The van der Waals surface area contributed by atoms with Crippen LogP contribution in [0, 0.1) is 12.7 Å². The first kappa shape index (κ1) is 17.5. The molecule has 2 heterocycles. The molecule has 0 amide bonds. The number of phenols is 1. The van der Waals surface area contributed by atoms with Gasteiger partial charge in [0.05, 0.1) is 11.8 Å². The van der Waals surface area contributed by atoms with Crippen molar-refractivity contribution in [2.45, 2.75) is 19.4 Å². The second kappa shape index (κ2) is 7.00. The van der Waals surface area contributed by atoms with Gasteiger partial charge in [0.25, 0.3) is 0 Å². The minimum absolute atomic E-state index is 0.150. The van der Waals surface area contributed by atoms with Gasteiger partial charge in [-0.3, -0.25) is 0 Å². The Morgan fingerprint density at radius 2 is 1.93 bits per heavy atom. The molecule has 5 heteroatoms. The van der Waals surface area contributed by atoms with Crippen LogP contribution in [0.15, 0.2) is 54.6 Å². The average molecular weight is 364 g/mol. The van der Waals surface area contributed by atoms with E-state index in [0.717, 1.165) is 16.7 Å². The van der Waals surface area contributed by atoms with Gasteiger partial charge in [-0.15, -0.1) is 0 Å². The Bertz CT molecular complexity index is 990. The van der Waals surface area contributed by atoms with E-state index in [1.165, 1.54) is 12.1 Å². The zero-order valence-corrected chi connectivity index (χ0v) is 15.1. The molecule has 1 aromatic heterocycles. The molecule has 1 atom stereocenters. The number of aliphatic hydroxyl groups is 1. The normalized spacial score (nSPS) is 16.7. The molecule has 27 heavy (non-hydrogen) atoms. The molecular formula is C22H21FN2O2. The molecular weight excluding hydrogens is 343 g/mol. The molecule has 1 aliphatic heterocycles. The van der Waals surface area contributed by atoms with E-state index in [1.54, 1.807) is 12.1 Å². The Morgan fingerprint density at radius 1 is 1.07 bits per heavy atom. The quantitative estimate of drug-likeness (QED) is 0.733. The van der Waals surface area contributed by atoms with E-state index in [0.29, 0.717) is 36.6 Å². The molecule has 0 saturated carbocycles. The highest BCUT2D eigenvalue weighted by Gasteiger charge is 2.23. The molecule has 3 aromatic rings. The number of hydrogen-bond acceptors (Lipinski definition) is 4. The summed E-state index contributed by atoms with van der Waals surface area (Å²) in [7, 11) is 0. The lowest BCUT2D eigenvalue weighted by Gasteiger charge is -2.19. The summed E-state index contributed by atoms with van der Waals surface area (Å²) < 4.78 is 13.7. The molecule has 2 aromatic carbocycles. The van der Waals surface area contributed by atoms with Crippen LogP contribution in [-0.2, 0) is 0 Å². The number of rotatable bonds is 3. The van der Waals surface area contributed by atoms with Crippen molar-refractivity contribution < 1.29 is 14.6 Å². The number of phenolic OH excluding ortho intramolecular Hbond substituents is 1. The largest absolute Gasteiger partial charge is 0.507 e. The summed E-state index contributed by atoms with van der Waals surface area (Å²) in [5, 5.41) is 20.2. The van der Waals surface area contributed by atoms with Crippen LogP contribution in [0.2, 0.25) is 0 Å². The molecule has 2 N–H and O–H groups in total. The maximum Gasteiger partial charge on any atom is 0.129 e. The summed E-state index contributed by atoms with van der Waals surface area (Å²) in [4.78, 5) is 6.75. The Hall–Kier alpha value is -2.92. The summed E-state index contributed by atoms with van der Waals surface area (Å²) in [5.74, 6) is 0.559. The molecule has 1 saturated heterocycles. The highest BCUT2D eigenvalue weighted by atomic mass is 19.1. The molecule has 0 aliphatic carbocycles. The van der Waals surface area contributed by atoms with Crippen molar-refractivity contribution in [1.82, 2.24) is 4.98 Å². The SMILES string of the molecule is Cc1ccc(O)c(-c2cc(-c3cccc(F)c3)cc(N3CCC(O)C3)n2)c1. The standard InChI is InChI=1S/C22H21FN2O2/c1-14-5-6-21(27)19(9-14)20-11-16(15-3-2-4-17(23)10-15)12-22(24-20)25-8-7-18(26)13-25/h2-6,9-12,18,26-27H,7-8,13H2,1H3. The van der Waals surface area contributed by atoms with E-state index in [4.69, 9.17) is 4.98 Å². The first-order valence-corrected chi connectivity index (χ1v) is 9.00. The second-order valence-electron chi connectivity index (χ2n) is 7.02. The summed E-state index contributed by atoms with van der Waals surface area (Å²) >= 11 is 0. The predicted molar refractivity (Wildman–Crippen MR) is 104 cm³/mol. The summed E-state index contributed by atoms with van der Waals surface area (Å²) in [5.41, 5.74) is 3.83. The number of halogens is 1. The third-order valence-electron chi connectivity index (χ3n) is 4.89. The number of anilines is 1. The number of aromatic nitrogens is 1. The molecule has 1 aliphatic rings. The zero-order valence-electron chi connectivity index (χ0n) is 15.1. The van der Waals surface area contributed by atoms with Gasteiger partial charge in [-0.05, 0) is 60.9 Å². The Balaban J connectivity index is 1.87. The Labute approximate surface area is 157 Å². The Kier molecular flexibility index (Phi) is 4.54. The van der Waals surface area contributed by atoms with Crippen LogP contribution in [0.1, 0.15) is 12.0 Å². The number of aliphatic hydroxyl groups excluding tert-OH is 1. The van der Waals surface area contributed by atoms with Gasteiger partial charge in [-0.2, -0.15) is 0 Å². The highest BCUT2D eigenvalue weighted by Crippen LogP contribution is 2.34. The summed E-state index contributed by atoms with van der Waals surface area (Å²) in [6.07, 6.45) is 0.317. The van der Waals surface area contributed by atoms with Crippen LogP contribution in [-0.4, -0.2) is 34.4 Å². The molecule has 4 rings (SSSR count). The molecule has 0 radical (unpaired) electrons. The van der Waals surface area contributed by atoms with Crippen molar-refractivity contribution >= 4 is 5.82 Å². The van der Waals surface area contributed by atoms with E-state index in [2.05, 4.69) is 0 Å². The maximum absolute atomic E-state index is 13.7. The lowest BCUT2D eigenvalue weighted by atomic mass is 10.0. The average Bonchev–Trinajstić information content (AvgIpc) is 3.10. The number of aryl methyl sites for hydroxylation is 1. The summed E-state index contributed by atoms with van der Waals surface area (Å²) in [6, 6.07) is 15.6. The van der Waals surface area contributed by atoms with Gasteiger partial charge in [0, 0.05) is 18.7 Å². The molecule has 138 valence electrons. The van der Waals surface area contributed by atoms with Gasteiger partial charge in [0.1, 0.15) is 17.4 Å². The van der Waals surface area contributed by atoms with Crippen molar-refractivity contribution in [3.63, 3.8) is 0 Å². The lowest BCUT2D eigenvalue weighted by molar-refractivity contribution is 0.198. The number of hydrogen-bond donors (Lipinski definition) is 2. The fraction of sp³-hybridized carbons (Fsp3) is 0.227. The predicted octanol–water partition coefficient (Wildman–Crippen LogP) is 4.14. The lowest BCUT2D eigenvalue weighted by Crippen LogP contribution is -2.22. The van der Waals surface area contributed by atoms with Crippen molar-refractivity contribution in [2.24, 2.45) is 0 Å². The van der Waals surface area contributed by atoms with Gasteiger partial charge < -0.3 is 15.1 Å². The third kappa shape index (κ3) is 3.64. The molecule has 0 spiro atoms. The van der Waals surface area contributed by atoms with Crippen LogP contribution in [0.4, 0.5) is 10.2 Å². The number of pyridine rings is 1.